The van der Waals surface area contributed by atoms with Gasteiger partial charge in [-0.25, -0.2) is 0 Å². The maximum Gasteiger partial charge on any atom is 0.416 e. The van der Waals surface area contributed by atoms with E-state index in [1.54, 1.807) is 12.1 Å². The van der Waals surface area contributed by atoms with Gasteiger partial charge in [-0.1, -0.05) is 29.8 Å². The number of anilines is 1. The van der Waals surface area contributed by atoms with Gasteiger partial charge in [0.05, 0.1) is 5.56 Å². The number of hydrogen-bond donors (Lipinski definition) is 1. The van der Waals surface area contributed by atoms with Crippen molar-refractivity contribution in [3.63, 3.8) is 0 Å². The summed E-state index contributed by atoms with van der Waals surface area (Å²) in [5, 5.41) is 0. The summed E-state index contributed by atoms with van der Waals surface area (Å²) in [6.45, 7) is 1.92. The first kappa shape index (κ1) is 12.5. The number of nitrogen functional groups attached to an aromatic ring is 1. The van der Waals surface area contributed by atoms with Gasteiger partial charge in [0.15, 0.2) is 0 Å². The van der Waals surface area contributed by atoms with E-state index in [1.165, 1.54) is 6.07 Å². The summed E-state index contributed by atoms with van der Waals surface area (Å²) in [5.41, 5.74) is 7.52. The van der Waals surface area contributed by atoms with Crippen LogP contribution in [0.3, 0.4) is 0 Å². The minimum atomic E-state index is -4.35. The molecule has 2 N–H and O–H groups in total. The van der Waals surface area contributed by atoms with Gasteiger partial charge >= 0.3 is 6.18 Å². The Labute approximate surface area is 103 Å². The molecule has 0 heterocycles. The van der Waals surface area contributed by atoms with Gasteiger partial charge in [0.2, 0.25) is 0 Å². The summed E-state index contributed by atoms with van der Waals surface area (Å²) in [6, 6.07) is 10.6. The molecular formula is C14H12F3N. The molecule has 2 aromatic rings. The molecule has 0 unspecified atom stereocenters. The second kappa shape index (κ2) is 4.37. The average Bonchev–Trinajstić information content (AvgIpc) is 2.29. The topological polar surface area (TPSA) is 26.0 Å². The Morgan fingerprint density at radius 2 is 1.56 bits per heavy atom. The lowest BCUT2D eigenvalue weighted by molar-refractivity contribution is -0.137. The van der Waals surface area contributed by atoms with Crippen LogP contribution in [0.15, 0.2) is 42.5 Å². The van der Waals surface area contributed by atoms with Crippen molar-refractivity contribution in [2.24, 2.45) is 0 Å². The zero-order valence-electron chi connectivity index (χ0n) is 9.75. The second-order valence-electron chi connectivity index (χ2n) is 4.17. The predicted octanol–water partition coefficient (Wildman–Crippen LogP) is 4.26. The predicted molar refractivity (Wildman–Crippen MR) is 66.0 cm³/mol. The van der Waals surface area contributed by atoms with E-state index in [9.17, 15) is 13.2 Å². The average molecular weight is 251 g/mol. The van der Waals surface area contributed by atoms with Gasteiger partial charge in [-0.05, 0) is 30.7 Å². The zero-order valence-corrected chi connectivity index (χ0v) is 9.75. The zero-order chi connectivity index (χ0) is 13.3. The lowest BCUT2D eigenvalue weighted by Crippen LogP contribution is -2.05. The molecule has 0 aliphatic rings. The van der Waals surface area contributed by atoms with Gasteiger partial charge in [-0.2, -0.15) is 13.2 Å². The number of benzene rings is 2. The molecule has 0 aliphatic heterocycles. The molecule has 2 rings (SSSR count). The van der Waals surface area contributed by atoms with Crippen molar-refractivity contribution < 1.29 is 13.2 Å². The molecule has 0 aromatic heterocycles. The third-order valence-electron chi connectivity index (χ3n) is 2.74. The Kier molecular flexibility index (Phi) is 3.03. The van der Waals surface area contributed by atoms with E-state index in [0.29, 0.717) is 16.8 Å². The van der Waals surface area contributed by atoms with E-state index in [0.717, 1.165) is 17.7 Å². The summed E-state index contributed by atoms with van der Waals surface area (Å²) in [7, 11) is 0. The van der Waals surface area contributed by atoms with Crippen LogP contribution in [0.4, 0.5) is 18.9 Å². The molecule has 0 radical (unpaired) electrons. The molecule has 0 fully saturated rings. The van der Waals surface area contributed by atoms with Crippen molar-refractivity contribution in [3.8, 4) is 11.1 Å². The van der Waals surface area contributed by atoms with Crippen LogP contribution in [0.1, 0.15) is 11.1 Å². The van der Waals surface area contributed by atoms with Crippen molar-refractivity contribution in [3.05, 3.63) is 53.6 Å². The van der Waals surface area contributed by atoms with Crippen molar-refractivity contribution in [1.29, 1.82) is 0 Å². The maximum atomic E-state index is 12.6. The number of alkyl halides is 3. The standard InChI is InChI=1S/C14H12F3N/c1-9-2-4-10(5-3-9)12-8-11(14(15,16)17)6-7-13(12)18/h2-8H,18H2,1H3. The van der Waals surface area contributed by atoms with Crippen molar-refractivity contribution in [2.45, 2.75) is 13.1 Å². The molecule has 18 heavy (non-hydrogen) atoms. The number of halogens is 3. The van der Waals surface area contributed by atoms with Crippen LogP contribution >= 0.6 is 0 Å². The van der Waals surface area contributed by atoms with Gasteiger partial charge in [-0.3, -0.25) is 0 Å². The smallest absolute Gasteiger partial charge is 0.398 e. The van der Waals surface area contributed by atoms with Crippen molar-refractivity contribution in [1.82, 2.24) is 0 Å². The van der Waals surface area contributed by atoms with Gasteiger partial charge in [0, 0.05) is 11.3 Å². The van der Waals surface area contributed by atoms with E-state index < -0.39 is 11.7 Å². The Hall–Kier alpha value is -1.97. The van der Waals surface area contributed by atoms with Crippen LogP contribution in [0.25, 0.3) is 11.1 Å². The summed E-state index contributed by atoms with van der Waals surface area (Å²) >= 11 is 0. The molecule has 0 saturated heterocycles. The first-order valence-corrected chi connectivity index (χ1v) is 5.42. The molecular weight excluding hydrogens is 239 g/mol. The fraction of sp³-hybridized carbons (Fsp3) is 0.143. The molecule has 0 amide bonds. The van der Waals surface area contributed by atoms with Crippen LogP contribution in [-0.2, 0) is 6.18 Å². The minimum absolute atomic E-state index is 0.340. The summed E-state index contributed by atoms with van der Waals surface area (Å²) < 4.78 is 37.9. The van der Waals surface area contributed by atoms with Gasteiger partial charge < -0.3 is 5.73 Å². The molecule has 0 spiro atoms. The quantitative estimate of drug-likeness (QED) is 0.753. The van der Waals surface area contributed by atoms with E-state index in [2.05, 4.69) is 0 Å². The maximum absolute atomic E-state index is 12.6. The Morgan fingerprint density at radius 1 is 0.944 bits per heavy atom. The number of hydrogen-bond acceptors (Lipinski definition) is 1. The first-order valence-electron chi connectivity index (χ1n) is 5.42. The Morgan fingerprint density at radius 3 is 2.11 bits per heavy atom. The minimum Gasteiger partial charge on any atom is -0.398 e. The third kappa shape index (κ3) is 2.47. The molecule has 0 atom stereocenters. The highest BCUT2D eigenvalue weighted by molar-refractivity contribution is 5.77. The molecule has 1 nitrogen and oxygen atoms in total. The van der Waals surface area contributed by atoms with Crippen molar-refractivity contribution in [2.75, 3.05) is 5.73 Å². The summed E-state index contributed by atoms with van der Waals surface area (Å²) in [5.74, 6) is 0. The fourth-order valence-corrected chi connectivity index (χ4v) is 1.72. The number of aryl methyl sites for hydroxylation is 1. The van der Waals surface area contributed by atoms with Gasteiger partial charge in [0.25, 0.3) is 0 Å². The SMILES string of the molecule is Cc1ccc(-c2cc(C(F)(F)F)ccc2N)cc1. The highest BCUT2D eigenvalue weighted by atomic mass is 19.4. The summed E-state index contributed by atoms with van der Waals surface area (Å²) in [6.07, 6.45) is -4.35. The Balaban J connectivity index is 2.53. The van der Waals surface area contributed by atoms with Crippen LogP contribution in [0.2, 0.25) is 0 Å². The van der Waals surface area contributed by atoms with E-state index >= 15 is 0 Å². The van der Waals surface area contributed by atoms with Crippen LogP contribution in [-0.4, -0.2) is 0 Å². The largest absolute Gasteiger partial charge is 0.416 e. The van der Waals surface area contributed by atoms with Gasteiger partial charge in [-0.15, -0.1) is 0 Å². The Bertz CT molecular complexity index is 556. The van der Waals surface area contributed by atoms with Crippen LogP contribution in [0, 0.1) is 6.92 Å². The second-order valence-corrected chi connectivity index (χ2v) is 4.17. The number of nitrogens with two attached hydrogens (primary N) is 1. The van der Waals surface area contributed by atoms with Crippen LogP contribution in [0.5, 0.6) is 0 Å². The van der Waals surface area contributed by atoms with E-state index in [1.807, 2.05) is 19.1 Å². The van der Waals surface area contributed by atoms with E-state index in [4.69, 9.17) is 5.73 Å². The fourth-order valence-electron chi connectivity index (χ4n) is 1.72. The highest BCUT2D eigenvalue weighted by Crippen LogP contribution is 2.35. The van der Waals surface area contributed by atoms with Gasteiger partial charge in [0.1, 0.15) is 0 Å². The third-order valence-corrected chi connectivity index (χ3v) is 2.74. The van der Waals surface area contributed by atoms with Crippen LogP contribution < -0.4 is 5.73 Å². The molecule has 0 aliphatic carbocycles. The molecule has 4 heteroatoms. The first-order chi connectivity index (χ1) is 8.38. The highest BCUT2D eigenvalue weighted by Gasteiger charge is 2.30. The number of rotatable bonds is 1. The van der Waals surface area contributed by atoms with Crippen molar-refractivity contribution >= 4 is 5.69 Å². The molecule has 0 saturated carbocycles. The summed E-state index contributed by atoms with van der Waals surface area (Å²) in [4.78, 5) is 0. The lowest BCUT2D eigenvalue weighted by Gasteiger charge is -2.11. The molecule has 0 bridgehead atoms. The van der Waals surface area contributed by atoms with E-state index in [-0.39, 0.29) is 0 Å². The lowest BCUT2D eigenvalue weighted by atomic mass is 10.00. The molecule has 94 valence electrons. The monoisotopic (exact) mass is 251 g/mol. The molecule has 2 aromatic carbocycles. The normalized spacial score (nSPS) is 11.6.